The average Bonchev–Trinajstić information content (AvgIpc) is 2.72. The monoisotopic (exact) mass is 539 g/mol. The largest absolute Gasteiger partial charge is 0.448 e. The van der Waals surface area contributed by atoms with E-state index in [1.165, 1.54) is 0 Å². The molecule has 0 aliphatic rings. The van der Waals surface area contributed by atoms with Crippen LogP contribution in [0.5, 0.6) is 11.5 Å². The summed E-state index contributed by atoms with van der Waals surface area (Å²) in [5.74, 6) is 2.41. The van der Waals surface area contributed by atoms with Crippen LogP contribution in [0.3, 0.4) is 0 Å². The number of nitrogens with zero attached hydrogens (tertiary/aromatic N) is 4. The van der Waals surface area contributed by atoms with Gasteiger partial charge < -0.3 is 10.6 Å². The molecule has 0 atom stereocenters. The zero-order valence-corrected chi connectivity index (χ0v) is 17.9. The summed E-state index contributed by atoms with van der Waals surface area (Å²) < 4.78 is 58.3. The highest BCUT2D eigenvalue weighted by Gasteiger charge is 2.36. The first kappa shape index (κ1) is 25.4. The molecule has 2 aromatic carbocycles. The average molecular weight is 540 g/mol. The predicted molar refractivity (Wildman–Crippen MR) is 111 cm³/mol. The molecule has 0 amide bonds. The molecule has 35 heavy (non-hydrogen) atoms. The Hall–Kier alpha value is -4.18. The fourth-order valence-corrected chi connectivity index (χ4v) is 3.19. The lowest BCUT2D eigenvalue weighted by molar-refractivity contribution is -0.394. The molecule has 0 unspecified atom stereocenters. The highest BCUT2D eigenvalue weighted by Crippen LogP contribution is 2.41. The maximum absolute atomic E-state index is 14.6. The Morgan fingerprint density at radius 3 is 2.06 bits per heavy atom. The van der Waals surface area contributed by atoms with Gasteiger partial charge in [-0.2, -0.15) is 13.2 Å². The van der Waals surface area contributed by atoms with Gasteiger partial charge in [0.25, 0.3) is 11.2 Å². The van der Waals surface area contributed by atoms with Crippen LogP contribution in [0.1, 0.15) is 5.69 Å². The summed E-state index contributed by atoms with van der Waals surface area (Å²) in [6.45, 7) is 0. The topological polar surface area (TPSA) is 166 Å². The summed E-state index contributed by atoms with van der Waals surface area (Å²) in [5, 5.41) is 21.2. The van der Waals surface area contributed by atoms with Crippen LogP contribution < -0.4 is 21.8 Å². The molecule has 2 N–H and O–H groups in total. The number of hydrogen-bond acceptors (Lipinski definition) is 8. The van der Waals surface area contributed by atoms with Gasteiger partial charge >= 0.3 is 17.6 Å². The molecule has 0 radical (unpaired) electrons. The van der Waals surface area contributed by atoms with Gasteiger partial charge in [-0.15, -0.1) is 0 Å². The lowest BCUT2D eigenvalue weighted by atomic mass is 10.2. The number of nitrogen functional groups attached to an aromatic ring is 1. The van der Waals surface area contributed by atoms with Gasteiger partial charge in [-0.25, -0.2) is 18.4 Å². The van der Waals surface area contributed by atoms with Gasteiger partial charge in [-0.3, -0.25) is 25.0 Å². The van der Waals surface area contributed by atoms with Gasteiger partial charge in [-0.05, 0) is 6.07 Å². The predicted octanol–water partition coefficient (Wildman–Crippen LogP) is 3.79. The van der Waals surface area contributed by atoms with Crippen LogP contribution in [0, 0.1) is 26.0 Å². The highest BCUT2D eigenvalue weighted by atomic mass is 35.5. The molecule has 0 bridgehead atoms. The third kappa shape index (κ3) is 4.73. The van der Waals surface area contributed by atoms with E-state index >= 15 is 0 Å². The molecule has 3 rings (SSSR count). The van der Waals surface area contributed by atoms with Gasteiger partial charge in [0, 0.05) is 18.2 Å². The Bertz CT molecular complexity index is 1520. The van der Waals surface area contributed by atoms with Crippen molar-refractivity contribution in [2.45, 2.75) is 6.18 Å². The van der Waals surface area contributed by atoms with Crippen molar-refractivity contribution >= 4 is 34.6 Å². The molecule has 1 aromatic heterocycles. The van der Waals surface area contributed by atoms with E-state index in [9.17, 15) is 47.4 Å². The fraction of sp³-hybridized carbons (Fsp3) is 0.0588. The van der Waals surface area contributed by atoms with E-state index in [-0.39, 0.29) is 10.6 Å². The summed E-state index contributed by atoms with van der Waals surface area (Å²) in [5.41, 5.74) is -7.99. The van der Waals surface area contributed by atoms with Crippen molar-refractivity contribution in [3.05, 3.63) is 93.0 Å². The molecule has 12 nitrogen and oxygen atoms in total. The number of nitro groups is 2. The first-order valence-electron chi connectivity index (χ1n) is 8.64. The molecule has 0 aliphatic heterocycles. The molecular weight excluding hydrogens is 533 g/mol. The van der Waals surface area contributed by atoms with Gasteiger partial charge in [0.2, 0.25) is 5.75 Å². The van der Waals surface area contributed by atoms with Crippen molar-refractivity contribution in [1.29, 1.82) is 0 Å². The van der Waals surface area contributed by atoms with Crippen LogP contribution in [0.15, 0.2) is 39.9 Å². The first-order valence-corrected chi connectivity index (χ1v) is 9.40. The molecule has 0 saturated carbocycles. The van der Waals surface area contributed by atoms with E-state index in [4.69, 9.17) is 33.8 Å². The summed E-state index contributed by atoms with van der Waals surface area (Å²) in [7, 11) is 0. The number of alkyl halides is 3. The van der Waals surface area contributed by atoms with Crippen LogP contribution in [0.25, 0.3) is 5.69 Å². The number of ether oxygens (including phenoxy) is 1. The minimum atomic E-state index is -5.19. The molecule has 3 aromatic rings. The molecule has 1 heterocycles. The second kappa shape index (κ2) is 8.88. The second-order valence-corrected chi connectivity index (χ2v) is 7.29. The molecule has 0 spiro atoms. The lowest BCUT2D eigenvalue weighted by Gasteiger charge is -2.15. The molecule has 184 valence electrons. The van der Waals surface area contributed by atoms with Crippen LogP contribution >= 0.6 is 23.2 Å². The summed E-state index contributed by atoms with van der Waals surface area (Å²) in [6.07, 6.45) is -5.19. The molecule has 0 saturated heterocycles. The normalized spacial score (nSPS) is 11.4. The number of aromatic nitrogens is 2. The molecule has 18 heteroatoms. The zero-order chi connectivity index (χ0) is 26.4. The van der Waals surface area contributed by atoms with E-state index < -0.39 is 82.1 Å². The molecular formula is C17H7Cl2F4N5O7. The number of nitrogens with two attached hydrogens (primary N) is 1. The van der Waals surface area contributed by atoms with E-state index in [0.29, 0.717) is 24.3 Å². The summed E-state index contributed by atoms with van der Waals surface area (Å²) in [4.78, 5) is 44.8. The number of nitro benzene ring substituents is 2. The summed E-state index contributed by atoms with van der Waals surface area (Å²) in [6, 6.07) is 2.18. The van der Waals surface area contributed by atoms with Crippen LogP contribution in [-0.2, 0) is 6.18 Å². The standard InChI is InChI=1S/C17H7Cl2F4N5O7/c18-6-2-13(11(28(33)34)3-9(6)27(31)32)35-12-4-10(8(20)1-7(12)19)25-15(29)5-14(17(21,22)23)26(24)16(25)30/h1-5H,24H2. The Kier molecular flexibility index (Phi) is 6.45. The third-order valence-electron chi connectivity index (χ3n) is 4.31. The number of hydrogen-bond donors (Lipinski definition) is 1. The van der Waals surface area contributed by atoms with Crippen molar-refractivity contribution in [2.24, 2.45) is 0 Å². The second-order valence-electron chi connectivity index (χ2n) is 6.48. The van der Waals surface area contributed by atoms with Crippen LogP contribution in [-0.4, -0.2) is 19.1 Å². The number of benzene rings is 2. The van der Waals surface area contributed by atoms with Crippen LogP contribution in [0.4, 0.5) is 28.9 Å². The smallest absolute Gasteiger partial charge is 0.433 e. The van der Waals surface area contributed by atoms with E-state index in [0.717, 1.165) is 0 Å². The SMILES string of the molecule is Nn1c(C(F)(F)F)cc(=O)n(-c2cc(Oc3cc(Cl)c([N+](=O)[O-])cc3[N+](=O)[O-])c(Cl)cc2F)c1=O. The van der Waals surface area contributed by atoms with Crippen molar-refractivity contribution in [3.63, 3.8) is 0 Å². The van der Waals surface area contributed by atoms with Crippen LogP contribution in [0.2, 0.25) is 10.0 Å². The van der Waals surface area contributed by atoms with Gasteiger partial charge in [0.05, 0.1) is 26.6 Å². The maximum atomic E-state index is 14.6. The number of halogens is 6. The van der Waals surface area contributed by atoms with Gasteiger partial charge in [0.15, 0.2) is 5.69 Å². The molecule has 0 aliphatic carbocycles. The van der Waals surface area contributed by atoms with Crippen molar-refractivity contribution in [3.8, 4) is 17.2 Å². The van der Waals surface area contributed by atoms with E-state index in [2.05, 4.69) is 0 Å². The number of rotatable bonds is 5. The fourth-order valence-electron chi connectivity index (χ4n) is 2.78. The Balaban J connectivity index is 2.22. The zero-order valence-electron chi connectivity index (χ0n) is 16.4. The Morgan fingerprint density at radius 1 is 0.914 bits per heavy atom. The highest BCUT2D eigenvalue weighted by molar-refractivity contribution is 6.33. The minimum Gasteiger partial charge on any atom is -0.448 e. The maximum Gasteiger partial charge on any atom is 0.433 e. The first-order chi connectivity index (χ1) is 16.1. The lowest BCUT2D eigenvalue weighted by Crippen LogP contribution is -2.45. The van der Waals surface area contributed by atoms with Crippen molar-refractivity contribution < 1.29 is 32.1 Å². The minimum absolute atomic E-state index is 0.0586. The van der Waals surface area contributed by atoms with E-state index in [1.807, 2.05) is 0 Å². The van der Waals surface area contributed by atoms with E-state index in [1.54, 1.807) is 0 Å². The molecule has 0 fully saturated rings. The summed E-state index contributed by atoms with van der Waals surface area (Å²) >= 11 is 11.6. The quantitative estimate of drug-likeness (QED) is 0.221. The third-order valence-corrected chi connectivity index (χ3v) is 4.91. The van der Waals surface area contributed by atoms with Crippen molar-refractivity contribution in [1.82, 2.24) is 9.24 Å². The van der Waals surface area contributed by atoms with Gasteiger partial charge in [-0.1, -0.05) is 23.2 Å². The Morgan fingerprint density at radius 2 is 1.51 bits per heavy atom. The van der Waals surface area contributed by atoms with Gasteiger partial charge in [0.1, 0.15) is 16.6 Å². The van der Waals surface area contributed by atoms with Crippen molar-refractivity contribution in [2.75, 3.05) is 5.84 Å². The Labute approximate surface area is 198 Å².